The lowest BCUT2D eigenvalue weighted by atomic mass is 10.0. The van der Waals surface area contributed by atoms with Crippen molar-refractivity contribution in [2.45, 2.75) is 65.1 Å². The smallest absolute Gasteiger partial charge is 0.407 e. The van der Waals surface area contributed by atoms with E-state index in [9.17, 15) is 14.4 Å². The van der Waals surface area contributed by atoms with Crippen LogP contribution in [0, 0.1) is 13.8 Å². The summed E-state index contributed by atoms with van der Waals surface area (Å²) >= 11 is 0. The van der Waals surface area contributed by atoms with E-state index >= 15 is 0 Å². The lowest BCUT2D eigenvalue weighted by molar-refractivity contribution is 0.0502. The van der Waals surface area contributed by atoms with Crippen molar-refractivity contribution in [2.24, 2.45) is 5.73 Å². The van der Waals surface area contributed by atoms with E-state index in [4.69, 9.17) is 19.9 Å². The molecule has 2 atom stereocenters. The Morgan fingerprint density at radius 2 is 1.29 bits per heavy atom. The Bertz CT molecular complexity index is 1720. The maximum absolute atomic E-state index is 12.2. The first kappa shape index (κ1) is 38.2. The lowest BCUT2D eigenvalue weighted by Crippen LogP contribution is -2.46. The van der Waals surface area contributed by atoms with E-state index < -0.39 is 23.9 Å². The minimum Gasteiger partial charge on any atom is -0.445 e. The van der Waals surface area contributed by atoms with E-state index in [1.165, 1.54) is 23.1 Å². The Labute approximate surface area is 287 Å². The number of aromatic amines is 2. The number of carbonyl (C=O) groups is 3. The molecule has 7 N–H and O–H groups in total. The molecule has 0 saturated heterocycles. The summed E-state index contributed by atoms with van der Waals surface area (Å²) in [6.07, 6.45) is 6.54. The number of aryl methyl sites for hydroxylation is 2. The molecule has 0 saturated carbocycles. The van der Waals surface area contributed by atoms with Crippen molar-refractivity contribution in [3.63, 3.8) is 0 Å². The van der Waals surface area contributed by atoms with Gasteiger partial charge in [0, 0.05) is 53.3 Å². The lowest BCUT2D eigenvalue weighted by Gasteiger charge is -2.24. The number of carbonyl (C=O) groups excluding carboxylic acids is 3. The van der Waals surface area contributed by atoms with Crippen LogP contribution in [0.2, 0.25) is 0 Å². The van der Waals surface area contributed by atoms with Crippen molar-refractivity contribution >= 4 is 40.1 Å². The third kappa shape index (κ3) is 13.1. The largest absolute Gasteiger partial charge is 0.445 e. The van der Waals surface area contributed by atoms with Crippen LogP contribution in [0.1, 0.15) is 43.0 Å². The molecule has 0 fully saturated rings. The van der Waals surface area contributed by atoms with Gasteiger partial charge in [0.05, 0.1) is 6.04 Å². The van der Waals surface area contributed by atoms with Gasteiger partial charge in [-0.2, -0.15) is 0 Å². The molecule has 0 bridgehead atoms. The zero-order chi connectivity index (χ0) is 36.0. The topological polar surface area (TPSA) is 173 Å². The maximum atomic E-state index is 12.2. The summed E-state index contributed by atoms with van der Waals surface area (Å²) in [5, 5.41) is 10.4. The van der Waals surface area contributed by atoms with Crippen LogP contribution in [0.5, 0.6) is 0 Å². The average Bonchev–Trinajstić information content (AvgIpc) is 3.62. The standard InChI is InChI=1S/C21H29N3O4.C16H21N3O2/c1-6-9-27-19(25)23-13-16(24-20(26)28-21(3,4)5)11-15-12-22-18-8-7-14(2)10-17(15)18;1-3-6-21-16(20)19-10-13(17)8-12-9-18-15-5-4-11(2)7-14(12)15/h6-8,10,12,16,22H,1,9,11,13H2,2-5H3,(H,23,25)(H,24,26);3-5,7,9,13,18H,1,6,8,10,17H2,2H3,(H,19,20)/t16-;13-/m00/s1. The van der Waals surface area contributed by atoms with Gasteiger partial charge in [-0.25, -0.2) is 14.4 Å². The van der Waals surface area contributed by atoms with Crippen LogP contribution in [0.25, 0.3) is 21.8 Å². The molecule has 4 aromatic rings. The molecular weight excluding hydrogens is 624 g/mol. The number of amides is 3. The minimum absolute atomic E-state index is 0.123. The van der Waals surface area contributed by atoms with Crippen LogP contribution in [-0.2, 0) is 27.1 Å². The number of nitrogens with one attached hydrogen (secondary N) is 5. The Kier molecular flexibility index (Phi) is 14.3. The van der Waals surface area contributed by atoms with Gasteiger partial charge in [-0.1, -0.05) is 48.6 Å². The first-order valence-electron chi connectivity index (χ1n) is 16.2. The maximum Gasteiger partial charge on any atom is 0.407 e. The van der Waals surface area contributed by atoms with Crippen LogP contribution >= 0.6 is 0 Å². The third-order valence-electron chi connectivity index (χ3n) is 7.18. The third-order valence-corrected chi connectivity index (χ3v) is 7.18. The molecule has 0 aliphatic carbocycles. The zero-order valence-electron chi connectivity index (χ0n) is 29.1. The van der Waals surface area contributed by atoms with Crippen LogP contribution in [0.3, 0.4) is 0 Å². The number of hydrogen-bond donors (Lipinski definition) is 6. The van der Waals surface area contributed by atoms with Crippen LogP contribution < -0.4 is 21.7 Å². The number of H-pyrrole nitrogens is 2. The monoisotopic (exact) mass is 674 g/mol. The highest BCUT2D eigenvalue weighted by atomic mass is 16.6. The van der Waals surface area contributed by atoms with E-state index in [0.717, 1.165) is 33.1 Å². The Morgan fingerprint density at radius 3 is 1.78 bits per heavy atom. The Balaban J connectivity index is 0.000000276. The van der Waals surface area contributed by atoms with E-state index in [-0.39, 0.29) is 31.8 Å². The molecular formula is C37H50N6O6. The highest BCUT2D eigenvalue weighted by Gasteiger charge is 2.21. The first-order chi connectivity index (χ1) is 23.3. The van der Waals surface area contributed by atoms with Gasteiger partial charge in [-0.15, -0.1) is 0 Å². The second-order valence-corrected chi connectivity index (χ2v) is 12.8. The molecule has 2 heterocycles. The highest BCUT2D eigenvalue weighted by Crippen LogP contribution is 2.22. The van der Waals surface area contributed by atoms with Gasteiger partial charge in [-0.3, -0.25) is 0 Å². The van der Waals surface area contributed by atoms with Crippen molar-refractivity contribution in [1.29, 1.82) is 0 Å². The number of alkyl carbamates (subject to hydrolysis) is 3. The van der Waals surface area contributed by atoms with Crippen LogP contribution in [0.4, 0.5) is 14.4 Å². The number of hydrogen-bond acceptors (Lipinski definition) is 7. The Morgan fingerprint density at radius 1 is 0.796 bits per heavy atom. The van der Waals surface area contributed by atoms with Gasteiger partial charge >= 0.3 is 18.3 Å². The van der Waals surface area contributed by atoms with Crippen molar-refractivity contribution in [2.75, 3.05) is 26.3 Å². The van der Waals surface area contributed by atoms with Crippen molar-refractivity contribution in [3.8, 4) is 0 Å². The number of nitrogens with two attached hydrogens (primary N) is 1. The summed E-state index contributed by atoms with van der Waals surface area (Å²) < 4.78 is 15.1. The molecule has 0 spiro atoms. The number of ether oxygens (including phenoxy) is 3. The van der Waals surface area contributed by atoms with Gasteiger partial charge < -0.3 is 45.9 Å². The summed E-state index contributed by atoms with van der Waals surface area (Å²) in [5.41, 5.74) is 12.1. The fraction of sp³-hybridized carbons (Fsp3) is 0.378. The van der Waals surface area contributed by atoms with Crippen molar-refractivity contribution < 1.29 is 28.6 Å². The van der Waals surface area contributed by atoms with E-state index in [2.05, 4.69) is 70.3 Å². The molecule has 0 aliphatic heterocycles. The van der Waals surface area contributed by atoms with Gasteiger partial charge in [0.2, 0.25) is 0 Å². The van der Waals surface area contributed by atoms with E-state index in [1.807, 2.05) is 31.5 Å². The van der Waals surface area contributed by atoms with Gasteiger partial charge in [-0.05, 0) is 82.9 Å². The minimum atomic E-state index is -0.608. The number of aromatic nitrogens is 2. The fourth-order valence-electron chi connectivity index (χ4n) is 4.98. The van der Waals surface area contributed by atoms with Gasteiger partial charge in [0.1, 0.15) is 18.8 Å². The number of fused-ring (bicyclic) bond motifs is 2. The number of rotatable bonds is 13. The zero-order valence-corrected chi connectivity index (χ0v) is 29.1. The molecule has 0 radical (unpaired) electrons. The number of benzene rings is 2. The SMILES string of the molecule is C=CCOC(=O)NC[C@@H](N)Cc1c[nH]c2ccc(C)cc12.C=CCOC(=O)NC[C@H](Cc1c[nH]c2ccc(C)cc12)NC(=O)OC(C)(C)C. The first-order valence-corrected chi connectivity index (χ1v) is 16.2. The molecule has 49 heavy (non-hydrogen) atoms. The molecule has 0 aliphatic rings. The second kappa shape index (κ2) is 18.3. The van der Waals surface area contributed by atoms with E-state index in [1.54, 1.807) is 20.8 Å². The van der Waals surface area contributed by atoms with Gasteiger partial charge in [0.25, 0.3) is 0 Å². The predicted octanol–water partition coefficient (Wildman–Crippen LogP) is 6.08. The summed E-state index contributed by atoms with van der Waals surface area (Å²) in [4.78, 5) is 41.8. The van der Waals surface area contributed by atoms with Gasteiger partial charge in [0.15, 0.2) is 0 Å². The quantitative estimate of drug-likeness (QED) is 0.0736. The average molecular weight is 675 g/mol. The molecule has 12 nitrogen and oxygen atoms in total. The molecule has 4 rings (SSSR count). The van der Waals surface area contributed by atoms with Crippen LogP contribution in [-0.4, -0.2) is 72.2 Å². The predicted molar refractivity (Wildman–Crippen MR) is 194 cm³/mol. The molecule has 264 valence electrons. The van der Waals surface area contributed by atoms with Crippen molar-refractivity contribution in [3.05, 3.63) is 96.4 Å². The second-order valence-electron chi connectivity index (χ2n) is 12.8. The molecule has 2 aromatic heterocycles. The normalized spacial score (nSPS) is 12.2. The molecule has 0 unspecified atom stereocenters. The molecule has 3 amide bonds. The summed E-state index contributed by atoms with van der Waals surface area (Å²) in [7, 11) is 0. The highest BCUT2D eigenvalue weighted by molar-refractivity contribution is 5.84. The Hall–Kier alpha value is -5.23. The molecule has 2 aromatic carbocycles. The van der Waals surface area contributed by atoms with Crippen LogP contribution in [0.15, 0.2) is 74.1 Å². The van der Waals surface area contributed by atoms with E-state index in [0.29, 0.717) is 19.4 Å². The fourth-order valence-corrected chi connectivity index (χ4v) is 4.98. The summed E-state index contributed by atoms with van der Waals surface area (Å²) in [6, 6.07) is 11.9. The molecule has 12 heteroatoms. The summed E-state index contributed by atoms with van der Waals surface area (Å²) in [5.74, 6) is 0. The summed E-state index contributed by atoms with van der Waals surface area (Å²) in [6.45, 7) is 17.4. The van der Waals surface area contributed by atoms with Crippen molar-refractivity contribution in [1.82, 2.24) is 25.9 Å².